The third kappa shape index (κ3) is 3.68. The maximum Gasteiger partial charge on any atom is 0.205 e. The maximum atomic E-state index is 4.59. The topological polar surface area (TPSA) is 99.9 Å². The van der Waals surface area contributed by atoms with Crippen LogP contribution in [0.2, 0.25) is 0 Å². The molecule has 0 aliphatic heterocycles. The molecule has 0 aliphatic rings. The summed E-state index contributed by atoms with van der Waals surface area (Å²) in [7, 11) is 3.95. The summed E-state index contributed by atoms with van der Waals surface area (Å²) in [5.74, 6) is 2.35. The van der Waals surface area contributed by atoms with Crippen molar-refractivity contribution in [2.24, 2.45) is 0 Å². The number of hydrogen-bond donors (Lipinski definition) is 2. The van der Waals surface area contributed by atoms with Crippen molar-refractivity contribution >= 4 is 17.3 Å². The second kappa shape index (κ2) is 7.86. The Hall–Kier alpha value is -4.27. The van der Waals surface area contributed by atoms with Crippen LogP contribution in [-0.4, -0.2) is 49.3 Å². The van der Waals surface area contributed by atoms with Gasteiger partial charge in [-0.1, -0.05) is 48.5 Å². The molecule has 154 valence electrons. The minimum absolute atomic E-state index is 0.582. The van der Waals surface area contributed by atoms with E-state index >= 15 is 0 Å². The summed E-state index contributed by atoms with van der Waals surface area (Å²) in [5.41, 5.74) is 5.06. The van der Waals surface area contributed by atoms with Gasteiger partial charge in [0.1, 0.15) is 11.6 Å². The number of nitrogens with one attached hydrogen (secondary N) is 2. The van der Waals surface area contributed by atoms with Crippen LogP contribution in [0.1, 0.15) is 5.56 Å². The van der Waals surface area contributed by atoms with Crippen LogP contribution in [0, 0.1) is 0 Å². The number of tetrazole rings is 1. The molecule has 3 heterocycles. The monoisotopic (exact) mass is 411 g/mol. The fraction of sp³-hybridized carbons (Fsp3) is 0.136. The van der Waals surface area contributed by atoms with Gasteiger partial charge in [0.05, 0.1) is 6.20 Å². The number of benzene rings is 2. The maximum absolute atomic E-state index is 4.59. The normalized spacial score (nSPS) is 11.0. The molecule has 0 amide bonds. The van der Waals surface area contributed by atoms with Gasteiger partial charge in [-0.25, -0.2) is 4.98 Å². The first kappa shape index (κ1) is 18.7. The molecule has 0 radical (unpaired) electrons. The van der Waals surface area contributed by atoms with Gasteiger partial charge in [-0.15, -0.1) is 10.2 Å². The summed E-state index contributed by atoms with van der Waals surface area (Å²) in [6, 6.07) is 20.4. The Kier molecular flexibility index (Phi) is 4.75. The van der Waals surface area contributed by atoms with Crippen LogP contribution in [0.3, 0.4) is 0 Å². The molecule has 0 fully saturated rings. The SMILES string of the molecule is CN(C)c1cc(NCc2ccc(-c3ccccc3-c3nn[nH]n3)cc2)n2nccc2n1. The van der Waals surface area contributed by atoms with Gasteiger partial charge in [-0.2, -0.15) is 14.8 Å². The van der Waals surface area contributed by atoms with E-state index in [0.717, 1.165) is 39.5 Å². The van der Waals surface area contributed by atoms with Gasteiger partial charge < -0.3 is 10.2 Å². The lowest BCUT2D eigenvalue weighted by molar-refractivity contribution is 0.881. The van der Waals surface area contributed by atoms with E-state index in [1.54, 1.807) is 6.20 Å². The van der Waals surface area contributed by atoms with E-state index in [1.165, 1.54) is 0 Å². The minimum Gasteiger partial charge on any atom is -0.366 e. The Bertz CT molecular complexity index is 1300. The summed E-state index contributed by atoms with van der Waals surface area (Å²) >= 11 is 0. The molecule has 5 rings (SSSR count). The van der Waals surface area contributed by atoms with E-state index in [0.29, 0.717) is 12.4 Å². The predicted molar refractivity (Wildman–Crippen MR) is 120 cm³/mol. The molecule has 2 N–H and O–H groups in total. The number of rotatable bonds is 6. The molecule has 0 saturated heterocycles. The van der Waals surface area contributed by atoms with Gasteiger partial charge in [-0.3, -0.25) is 0 Å². The molecule has 0 atom stereocenters. The van der Waals surface area contributed by atoms with Gasteiger partial charge >= 0.3 is 0 Å². The molecule has 9 heteroatoms. The van der Waals surface area contributed by atoms with Gasteiger partial charge in [0.2, 0.25) is 5.82 Å². The first-order valence-electron chi connectivity index (χ1n) is 9.87. The Morgan fingerprint density at radius 2 is 1.81 bits per heavy atom. The summed E-state index contributed by atoms with van der Waals surface area (Å²) in [6.07, 6.45) is 1.75. The van der Waals surface area contributed by atoms with E-state index in [2.05, 4.69) is 66.4 Å². The highest BCUT2D eigenvalue weighted by Crippen LogP contribution is 2.29. The van der Waals surface area contributed by atoms with Gasteiger partial charge in [0, 0.05) is 38.3 Å². The number of hydrogen-bond acceptors (Lipinski definition) is 7. The van der Waals surface area contributed by atoms with Crippen LogP contribution in [0.15, 0.2) is 66.9 Å². The molecular weight excluding hydrogens is 390 g/mol. The zero-order valence-corrected chi connectivity index (χ0v) is 17.2. The van der Waals surface area contributed by atoms with Crippen LogP contribution in [0.25, 0.3) is 28.2 Å². The lowest BCUT2D eigenvalue weighted by atomic mass is 9.98. The Labute approximate surface area is 178 Å². The number of anilines is 2. The average molecular weight is 411 g/mol. The lowest BCUT2D eigenvalue weighted by Crippen LogP contribution is -2.13. The van der Waals surface area contributed by atoms with Crippen LogP contribution < -0.4 is 10.2 Å². The quantitative estimate of drug-likeness (QED) is 0.442. The largest absolute Gasteiger partial charge is 0.366 e. The first-order chi connectivity index (χ1) is 15.2. The van der Waals surface area contributed by atoms with Crippen LogP contribution in [0.5, 0.6) is 0 Å². The molecule has 31 heavy (non-hydrogen) atoms. The second-order valence-corrected chi connectivity index (χ2v) is 7.33. The molecule has 2 aromatic carbocycles. The standard InChI is InChI=1S/C22H21N9/c1-30(2)21-13-20(31-19(25-21)11-12-24-31)23-14-15-7-9-16(10-8-15)17-5-3-4-6-18(17)22-26-28-29-27-22/h3-13,23H,14H2,1-2H3,(H,26,27,28,29). The number of fused-ring (bicyclic) bond motifs is 1. The number of aromatic amines is 1. The first-order valence-corrected chi connectivity index (χ1v) is 9.87. The van der Waals surface area contributed by atoms with E-state index in [4.69, 9.17) is 0 Å². The fourth-order valence-corrected chi connectivity index (χ4v) is 3.46. The van der Waals surface area contributed by atoms with Crippen molar-refractivity contribution in [3.63, 3.8) is 0 Å². The van der Waals surface area contributed by atoms with E-state index in [-0.39, 0.29) is 0 Å². The zero-order chi connectivity index (χ0) is 21.2. The highest BCUT2D eigenvalue weighted by atomic mass is 15.5. The minimum atomic E-state index is 0.582. The predicted octanol–water partition coefficient (Wildman–Crippen LogP) is 3.25. The van der Waals surface area contributed by atoms with Crippen molar-refractivity contribution in [1.82, 2.24) is 35.2 Å². The molecule has 0 bridgehead atoms. The van der Waals surface area contributed by atoms with Crippen molar-refractivity contribution in [2.75, 3.05) is 24.3 Å². The molecule has 0 spiro atoms. The van der Waals surface area contributed by atoms with Crippen molar-refractivity contribution in [3.8, 4) is 22.5 Å². The van der Waals surface area contributed by atoms with Crippen molar-refractivity contribution in [2.45, 2.75) is 6.54 Å². The Morgan fingerprint density at radius 3 is 2.55 bits per heavy atom. The van der Waals surface area contributed by atoms with Crippen LogP contribution in [-0.2, 0) is 6.54 Å². The highest BCUT2D eigenvalue weighted by Gasteiger charge is 2.11. The van der Waals surface area contributed by atoms with Gasteiger partial charge in [0.25, 0.3) is 0 Å². The van der Waals surface area contributed by atoms with Crippen LogP contribution >= 0.6 is 0 Å². The number of nitrogens with zero attached hydrogens (tertiary/aromatic N) is 7. The molecular formula is C22H21N9. The lowest BCUT2D eigenvalue weighted by Gasteiger charge is -2.15. The van der Waals surface area contributed by atoms with Crippen molar-refractivity contribution in [3.05, 3.63) is 72.4 Å². The molecule has 0 aliphatic carbocycles. The summed E-state index contributed by atoms with van der Waals surface area (Å²) in [6.45, 7) is 0.665. The Morgan fingerprint density at radius 1 is 1.00 bits per heavy atom. The van der Waals surface area contributed by atoms with E-state index in [1.807, 2.05) is 53.8 Å². The Balaban J connectivity index is 1.38. The average Bonchev–Trinajstić information content (AvgIpc) is 3.50. The van der Waals surface area contributed by atoms with Crippen molar-refractivity contribution in [1.29, 1.82) is 0 Å². The molecule has 0 unspecified atom stereocenters. The number of aromatic nitrogens is 7. The van der Waals surface area contributed by atoms with E-state index in [9.17, 15) is 0 Å². The molecule has 5 aromatic rings. The fourth-order valence-electron chi connectivity index (χ4n) is 3.46. The highest BCUT2D eigenvalue weighted by molar-refractivity contribution is 5.80. The summed E-state index contributed by atoms with van der Waals surface area (Å²) < 4.78 is 1.81. The zero-order valence-electron chi connectivity index (χ0n) is 17.2. The van der Waals surface area contributed by atoms with E-state index < -0.39 is 0 Å². The third-order valence-electron chi connectivity index (χ3n) is 5.06. The molecule has 9 nitrogen and oxygen atoms in total. The third-order valence-corrected chi connectivity index (χ3v) is 5.06. The van der Waals surface area contributed by atoms with Crippen LogP contribution in [0.4, 0.5) is 11.6 Å². The van der Waals surface area contributed by atoms with Crippen molar-refractivity contribution < 1.29 is 0 Å². The molecule has 0 saturated carbocycles. The number of H-pyrrole nitrogens is 1. The molecule has 3 aromatic heterocycles. The van der Waals surface area contributed by atoms with Gasteiger partial charge in [0.15, 0.2) is 5.65 Å². The second-order valence-electron chi connectivity index (χ2n) is 7.33. The smallest absolute Gasteiger partial charge is 0.205 e. The van der Waals surface area contributed by atoms with Gasteiger partial charge in [-0.05, 0) is 21.9 Å². The summed E-state index contributed by atoms with van der Waals surface area (Å²) in [4.78, 5) is 6.57. The summed E-state index contributed by atoms with van der Waals surface area (Å²) in [5, 5.41) is 22.3.